The maximum atomic E-state index is 12.4. The van der Waals surface area contributed by atoms with E-state index in [9.17, 15) is 4.79 Å². The smallest absolute Gasteiger partial charge is 0.255 e. The number of nitrogens with one attached hydrogen (secondary N) is 1. The minimum atomic E-state index is -0.141. The lowest BCUT2D eigenvalue weighted by atomic mass is 10.1. The molecule has 0 spiro atoms. The van der Waals surface area contributed by atoms with E-state index in [4.69, 9.17) is 4.42 Å². The lowest BCUT2D eigenvalue weighted by molar-refractivity contribution is 0.0951. The number of carbonyl (C=O) groups is 1. The molecular weight excluding hydrogens is 328 g/mol. The van der Waals surface area contributed by atoms with Crippen molar-refractivity contribution in [3.63, 3.8) is 0 Å². The second-order valence-corrected chi connectivity index (χ2v) is 6.64. The number of amides is 1. The fourth-order valence-corrected chi connectivity index (χ4v) is 3.18. The predicted octanol–water partition coefficient (Wildman–Crippen LogP) is 2.51. The molecule has 3 heterocycles. The number of rotatable bonds is 4. The summed E-state index contributed by atoms with van der Waals surface area (Å²) in [5, 5.41) is 3.77. The van der Waals surface area contributed by atoms with Crippen LogP contribution in [0.3, 0.4) is 0 Å². The number of likely N-dealkylation sites (N-methyl/N-ethyl adjacent to an activating group) is 1. The van der Waals surface area contributed by atoms with Gasteiger partial charge in [0.05, 0.1) is 5.56 Å². The van der Waals surface area contributed by atoms with E-state index < -0.39 is 0 Å². The molecule has 1 N–H and O–H groups in total. The number of furan rings is 1. The molecule has 134 valence electrons. The Labute approximate surface area is 152 Å². The third-order valence-corrected chi connectivity index (χ3v) is 4.82. The van der Waals surface area contributed by atoms with Crippen LogP contribution in [0.25, 0.3) is 11.0 Å². The van der Waals surface area contributed by atoms with Crippen LogP contribution in [-0.4, -0.2) is 49.0 Å². The van der Waals surface area contributed by atoms with E-state index in [1.807, 2.05) is 42.6 Å². The first-order valence-corrected chi connectivity index (χ1v) is 8.83. The van der Waals surface area contributed by atoms with Crippen molar-refractivity contribution in [2.24, 2.45) is 0 Å². The van der Waals surface area contributed by atoms with Crippen molar-refractivity contribution < 1.29 is 9.21 Å². The Morgan fingerprint density at radius 2 is 1.96 bits per heavy atom. The quantitative estimate of drug-likeness (QED) is 0.783. The SMILES string of the molecule is CN1CCN(c2ccc(CNC(=O)c3coc4ccccc34)cn2)CC1. The van der Waals surface area contributed by atoms with E-state index >= 15 is 0 Å². The summed E-state index contributed by atoms with van der Waals surface area (Å²) in [6, 6.07) is 11.6. The van der Waals surface area contributed by atoms with Gasteiger partial charge in [0.25, 0.3) is 5.91 Å². The number of piperazine rings is 1. The molecule has 26 heavy (non-hydrogen) atoms. The van der Waals surface area contributed by atoms with Gasteiger partial charge in [-0.05, 0) is 24.7 Å². The van der Waals surface area contributed by atoms with Crippen LogP contribution in [0, 0.1) is 0 Å². The fraction of sp³-hybridized carbons (Fsp3) is 0.300. The first-order valence-electron chi connectivity index (χ1n) is 8.83. The normalized spacial score (nSPS) is 15.3. The molecule has 0 radical (unpaired) electrons. The van der Waals surface area contributed by atoms with E-state index in [-0.39, 0.29) is 5.91 Å². The fourth-order valence-electron chi connectivity index (χ4n) is 3.18. The van der Waals surface area contributed by atoms with Crippen LogP contribution >= 0.6 is 0 Å². The molecular formula is C20H22N4O2. The summed E-state index contributed by atoms with van der Waals surface area (Å²) in [5.74, 6) is 0.854. The predicted molar refractivity (Wildman–Crippen MR) is 101 cm³/mol. The second-order valence-electron chi connectivity index (χ2n) is 6.64. The summed E-state index contributed by atoms with van der Waals surface area (Å²) in [4.78, 5) is 21.6. The molecule has 6 heteroatoms. The van der Waals surface area contributed by atoms with Gasteiger partial charge in [-0.25, -0.2) is 4.98 Å². The Bertz CT molecular complexity index is 896. The molecule has 1 aromatic carbocycles. The van der Waals surface area contributed by atoms with Crippen LogP contribution in [0.15, 0.2) is 53.3 Å². The van der Waals surface area contributed by atoms with Gasteiger partial charge in [0.2, 0.25) is 0 Å². The standard InChI is InChI=1S/C20H22N4O2/c1-23-8-10-24(11-9-23)19-7-6-15(12-21-19)13-22-20(25)17-14-26-18-5-3-2-4-16(17)18/h2-7,12,14H,8-11,13H2,1H3,(H,22,25). The van der Waals surface area contributed by atoms with Crippen molar-refractivity contribution in [3.05, 3.63) is 60.0 Å². The van der Waals surface area contributed by atoms with Gasteiger partial charge in [-0.3, -0.25) is 4.79 Å². The van der Waals surface area contributed by atoms with Crippen molar-refractivity contribution in [1.29, 1.82) is 0 Å². The number of hydrogen-bond donors (Lipinski definition) is 1. The molecule has 4 rings (SSSR count). The number of benzene rings is 1. The van der Waals surface area contributed by atoms with Crippen molar-refractivity contribution in [2.45, 2.75) is 6.54 Å². The summed E-state index contributed by atoms with van der Waals surface area (Å²) in [7, 11) is 2.14. The average Bonchev–Trinajstić information content (AvgIpc) is 3.11. The van der Waals surface area contributed by atoms with Gasteiger partial charge in [0, 0.05) is 44.3 Å². The van der Waals surface area contributed by atoms with E-state index in [0.717, 1.165) is 48.5 Å². The van der Waals surface area contributed by atoms with Crippen molar-refractivity contribution >= 4 is 22.7 Å². The van der Waals surface area contributed by atoms with Crippen LogP contribution < -0.4 is 10.2 Å². The Balaban J connectivity index is 1.38. The van der Waals surface area contributed by atoms with E-state index in [2.05, 4.69) is 27.1 Å². The Kier molecular flexibility index (Phi) is 4.58. The Hall–Kier alpha value is -2.86. The molecule has 1 aliphatic rings. The summed E-state index contributed by atoms with van der Waals surface area (Å²) in [6.07, 6.45) is 3.34. The lowest BCUT2D eigenvalue weighted by Gasteiger charge is -2.33. The Morgan fingerprint density at radius 1 is 1.15 bits per heavy atom. The lowest BCUT2D eigenvalue weighted by Crippen LogP contribution is -2.44. The topological polar surface area (TPSA) is 61.6 Å². The number of hydrogen-bond acceptors (Lipinski definition) is 5. The van der Waals surface area contributed by atoms with Crippen molar-refractivity contribution in [2.75, 3.05) is 38.1 Å². The zero-order valence-corrected chi connectivity index (χ0v) is 14.8. The zero-order valence-electron chi connectivity index (χ0n) is 14.8. The number of aromatic nitrogens is 1. The third-order valence-electron chi connectivity index (χ3n) is 4.82. The molecule has 1 saturated heterocycles. The molecule has 1 aliphatic heterocycles. The van der Waals surface area contributed by atoms with Gasteiger partial charge in [0.1, 0.15) is 17.7 Å². The molecule has 1 fully saturated rings. The summed E-state index contributed by atoms with van der Waals surface area (Å²) >= 11 is 0. The molecule has 3 aromatic rings. The average molecular weight is 350 g/mol. The third kappa shape index (κ3) is 3.41. The zero-order chi connectivity index (χ0) is 17.9. The minimum absolute atomic E-state index is 0.141. The highest BCUT2D eigenvalue weighted by Crippen LogP contribution is 2.20. The number of nitrogens with zero attached hydrogens (tertiary/aromatic N) is 3. The maximum Gasteiger partial charge on any atom is 0.255 e. The summed E-state index contributed by atoms with van der Waals surface area (Å²) in [5.41, 5.74) is 2.25. The van der Waals surface area contributed by atoms with Crippen molar-refractivity contribution in [1.82, 2.24) is 15.2 Å². The highest BCUT2D eigenvalue weighted by atomic mass is 16.3. The molecule has 0 saturated carbocycles. The second kappa shape index (κ2) is 7.17. The summed E-state index contributed by atoms with van der Waals surface area (Å²) in [6.45, 7) is 4.53. The van der Waals surface area contributed by atoms with E-state index in [1.165, 1.54) is 6.26 Å². The number of para-hydroxylation sites is 1. The molecule has 0 aliphatic carbocycles. The van der Waals surface area contributed by atoms with Gasteiger partial charge >= 0.3 is 0 Å². The maximum absolute atomic E-state index is 12.4. The van der Waals surface area contributed by atoms with Crippen LogP contribution in [-0.2, 0) is 6.54 Å². The van der Waals surface area contributed by atoms with Crippen molar-refractivity contribution in [3.8, 4) is 0 Å². The highest BCUT2D eigenvalue weighted by Gasteiger charge is 2.16. The molecule has 0 bridgehead atoms. The number of carbonyl (C=O) groups excluding carboxylic acids is 1. The number of anilines is 1. The first-order chi connectivity index (χ1) is 12.7. The highest BCUT2D eigenvalue weighted by molar-refractivity contribution is 6.05. The molecule has 1 amide bonds. The van der Waals surface area contributed by atoms with E-state index in [0.29, 0.717) is 12.1 Å². The number of fused-ring (bicyclic) bond motifs is 1. The number of pyridine rings is 1. The van der Waals surface area contributed by atoms with E-state index in [1.54, 1.807) is 0 Å². The minimum Gasteiger partial charge on any atom is -0.463 e. The molecule has 0 atom stereocenters. The Morgan fingerprint density at radius 3 is 2.73 bits per heavy atom. The summed E-state index contributed by atoms with van der Waals surface area (Å²) < 4.78 is 5.43. The van der Waals surface area contributed by atoms with Gasteiger partial charge in [-0.1, -0.05) is 24.3 Å². The molecule has 6 nitrogen and oxygen atoms in total. The first kappa shape index (κ1) is 16.6. The molecule has 2 aromatic heterocycles. The van der Waals surface area contributed by atoms with Gasteiger partial charge < -0.3 is 19.5 Å². The molecule has 0 unspecified atom stereocenters. The van der Waals surface area contributed by atoms with Gasteiger partial charge in [-0.15, -0.1) is 0 Å². The van der Waals surface area contributed by atoms with Crippen LogP contribution in [0.4, 0.5) is 5.82 Å². The van der Waals surface area contributed by atoms with Crippen LogP contribution in [0.5, 0.6) is 0 Å². The van der Waals surface area contributed by atoms with Crippen LogP contribution in [0.1, 0.15) is 15.9 Å². The van der Waals surface area contributed by atoms with Gasteiger partial charge in [-0.2, -0.15) is 0 Å². The monoisotopic (exact) mass is 350 g/mol. The van der Waals surface area contributed by atoms with Gasteiger partial charge in [0.15, 0.2) is 0 Å². The van der Waals surface area contributed by atoms with Crippen LogP contribution in [0.2, 0.25) is 0 Å². The largest absolute Gasteiger partial charge is 0.463 e.